The second kappa shape index (κ2) is 10.0. The first-order valence-electron chi connectivity index (χ1n) is 7.03. The van der Waals surface area contributed by atoms with Crippen molar-refractivity contribution in [2.24, 2.45) is 5.73 Å². The molecule has 0 saturated carbocycles. The van der Waals surface area contributed by atoms with E-state index in [1.54, 1.807) is 18.3 Å². The Bertz CT molecular complexity index is 533. The molecule has 1 aromatic carbocycles. The van der Waals surface area contributed by atoms with Gasteiger partial charge in [0.2, 0.25) is 5.95 Å². The molecule has 0 aliphatic carbocycles. The zero-order valence-corrected chi connectivity index (χ0v) is 13.5. The van der Waals surface area contributed by atoms with Crippen LogP contribution in [-0.2, 0) is 0 Å². The van der Waals surface area contributed by atoms with E-state index in [2.05, 4.69) is 39.0 Å². The minimum absolute atomic E-state index is 0.291. The Labute approximate surface area is 135 Å². The summed E-state index contributed by atoms with van der Waals surface area (Å²) in [6, 6.07) is 5.55. The summed E-state index contributed by atoms with van der Waals surface area (Å²) in [5.41, 5.74) is 7.38. The van der Waals surface area contributed by atoms with E-state index in [4.69, 9.17) is 5.73 Å². The Morgan fingerprint density at radius 1 is 1.23 bits per heavy atom. The predicted octanol–water partition coefficient (Wildman–Crippen LogP) is 3.13. The lowest BCUT2D eigenvalue weighted by atomic mass is 10.1. The topological polar surface area (TPSA) is 76.7 Å². The fourth-order valence-electron chi connectivity index (χ4n) is 1.73. The molecule has 3 N–H and O–H groups in total. The lowest BCUT2D eigenvalue weighted by Gasteiger charge is -2.11. The highest BCUT2D eigenvalue weighted by Crippen LogP contribution is 2.17. The number of anilines is 1. The van der Waals surface area contributed by atoms with Crippen LogP contribution in [0.25, 0.3) is 0 Å². The van der Waals surface area contributed by atoms with Gasteiger partial charge in [-0.25, -0.2) is 9.37 Å². The molecule has 2 aromatic rings. The van der Waals surface area contributed by atoms with Crippen molar-refractivity contribution in [3.63, 3.8) is 0 Å². The Hall–Kier alpha value is -1.79. The maximum atomic E-state index is 12.9. The molecular weight excluding hydrogens is 305 g/mol. The maximum absolute atomic E-state index is 12.9. The fourth-order valence-corrected chi connectivity index (χ4v) is 1.73. The summed E-state index contributed by atoms with van der Waals surface area (Å²) < 4.78 is 12.9. The Kier molecular flexibility index (Phi) is 8.32. The predicted molar refractivity (Wildman–Crippen MR) is 87.4 cm³/mol. The van der Waals surface area contributed by atoms with E-state index in [9.17, 15) is 4.39 Å². The first-order chi connectivity index (χ1) is 10.7. The number of halogens is 2. The highest BCUT2D eigenvalue weighted by molar-refractivity contribution is 6.15. The number of nitrogens with two attached hydrogens (primary N) is 1. The van der Waals surface area contributed by atoms with Crippen molar-refractivity contribution < 1.29 is 4.39 Å². The molecular formula is C15H21ClFN5. The number of aromatic nitrogens is 3. The van der Waals surface area contributed by atoms with Crippen molar-refractivity contribution in [1.82, 2.24) is 15.2 Å². The summed E-state index contributed by atoms with van der Waals surface area (Å²) >= 11 is 4.64. The number of nitrogens with one attached hydrogen (secondary N) is 1. The molecule has 1 unspecified atom stereocenters. The van der Waals surface area contributed by atoms with Gasteiger partial charge in [-0.1, -0.05) is 25.5 Å². The van der Waals surface area contributed by atoms with E-state index in [1.807, 2.05) is 0 Å². The van der Waals surface area contributed by atoms with Gasteiger partial charge in [-0.2, -0.15) is 0 Å². The average Bonchev–Trinajstić information content (AvgIpc) is 2.58. The van der Waals surface area contributed by atoms with Crippen LogP contribution in [0.4, 0.5) is 10.3 Å². The minimum atomic E-state index is -0.458. The van der Waals surface area contributed by atoms with E-state index >= 15 is 0 Å². The number of alkyl halides is 1. The third-order valence-corrected chi connectivity index (χ3v) is 2.94. The van der Waals surface area contributed by atoms with Crippen LogP contribution in [0.1, 0.15) is 37.1 Å². The van der Waals surface area contributed by atoms with Crippen LogP contribution in [0, 0.1) is 5.82 Å². The molecule has 0 amide bonds. The Morgan fingerprint density at radius 2 is 1.91 bits per heavy atom. The van der Waals surface area contributed by atoms with Crippen molar-refractivity contribution in [2.45, 2.75) is 25.8 Å². The molecule has 0 aliphatic heterocycles. The van der Waals surface area contributed by atoms with Crippen molar-refractivity contribution in [3.8, 4) is 0 Å². The van der Waals surface area contributed by atoms with Crippen LogP contribution in [0.15, 0.2) is 30.5 Å². The summed E-state index contributed by atoms with van der Waals surface area (Å²) in [5, 5.41) is 11.1. The molecule has 0 spiro atoms. The van der Waals surface area contributed by atoms with Gasteiger partial charge in [-0.3, -0.25) is 0 Å². The van der Waals surface area contributed by atoms with Gasteiger partial charge < -0.3 is 11.1 Å². The molecule has 5 nitrogen and oxygen atoms in total. The summed E-state index contributed by atoms with van der Waals surface area (Å²) in [7, 11) is 0. The molecule has 0 fully saturated rings. The maximum Gasteiger partial charge on any atom is 0.242 e. The summed E-state index contributed by atoms with van der Waals surface area (Å²) in [6.07, 6.45) is 5.23. The summed E-state index contributed by atoms with van der Waals surface area (Å²) in [6.45, 7) is 2.94. The largest absolute Gasteiger partial charge is 0.353 e. The van der Waals surface area contributed by atoms with E-state index in [-0.39, 0.29) is 5.82 Å². The van der Waals surface area contributed by atoms with Crippen LogP contribution in [-0.4, -0.2) is 28.1 Å². The molecule has 7 heteroatoms. The molecule has 1 aromatic heterocycles. The number of nitrogens with zero attached hydrogens (tertiary/aromatic N) is 3. The minimum Gasteiger partial charge on any atom is -0.353 e. The molecule has 0 radical (unpaired) electrons. The van der Waals surface area contributed by atoms with Gasteiger partial charge in [0, 0.05) is 12.9 Å². The van der Waals surface area contributed by atoms with Crippen molar-refractivity contribution in [1.29, 1.82) is 0 Å². The van der Waals surface area contributed by atoms with Crippen molar-refractivity contribution in [3.05, 3.63) is 47.5 Å². The molecule has 22 heavy (non-hydrogen) atoms. The number of benzene rings is 1. The standard InChI is InChI=1S/C14H18FN5.CH3Cl/c1-2-3-8-17-14-18-9-12(19-20-14)13(16)10-4-6-11(15)7-5-10;1-2/h4-7,9,13H,2-3,8,16H2,1H3,(H,17,18,20);1H3. The molecule has 0 saturated heterocycles. The normalized spacial score (nSPS) is 11.3. The first kappa shape index (κ1) is 18.3. The van der Waals surface area contributed by atoms with E-state index in [1.165, 1.54) is 18.5 Å². The third kappa shape index (κ3) is 5.54. The SMILES string of the molecule is CCCCNc1ncc(C(N)c2ccc(F)cc2)nn1.CCl. The van der Waals surface area contributed by atoms with Gasteiger partial charge in [0.15, 0.2) is 0 Å². The van der Waals surface area contributed by atoms with Crippen molar-refractivity contribution in [2.75, 3.05) is 18.2 Å². The van der Waals surface area contributed by atoms with E-state index in [0.717, 1.165) is 24.9 Å². The highest BCUT2D eigenvalue weighted by Gasteiger charge is 2.11. The quantitative estimate of drug-likeness (QED) is 0.630. The van der Waals surface area contributed by atoms with Crippen LogP contribution in [0.3, 0.4) is 0 Å². The monoisotopic (exact) mass is 325 g/mol. The van der Waals surface area contributed by atoms with Crippen LogP contribution in [0.5, 0.6) is 0 Å². The van der Waals surface area contributed by atoms with Gasteiger partial charge in [-0.05, 0) is 24.1 Å². The van der Waals surface area contributed by atoms with E-state index < -0.39 is 6.04 Å². The summed E-state index contributed by atoms with van der Waals surface area (Å²) in [5.74, 6) is 0.203. The van der Waals surface area contributed by atoms with Crippen LogP contribution < -0.4 is 11.1 Å². The lowest BCUT2D eigenvalue weighted by Crippen LogP contribution is -2.16. The van der Waals surface area contributed by atoms with Gasteiger partial charge in [0.05, 0.1) is 12.2 Å². The highest BCUT2D eigenvalue weighted by atomic mass is 35.5. The fraction of sp³-hybridized carbons (Fsp3) is 0.400. The van der Waals surface area contributed by atoms with Crippen LogP contribution >= 0.6 is 11.6 Å². The van der Waals surface area contributed by atoms with E-state index in [0.29, 0.717) is 11.6 Å². The van der Waals surface area contributed by atoms with Crippen LogP contribution in [0.2, 0.25) is 0 Å². The third-order valence-electron chi connectivity index (χ3n) is 2.94. The number of unbranched alkanes of at least 4 members (excludes halogenated alkanes) is 1. The Morgan fingerprint density at radius 3 is 2.45 bits per heavy atom. The zero-order chi connectivity index (χ0) is 16.4. The van der Waals surface area contributed by atoms with Gasteiger partial charge >= 0.3 is 0 Å². The van der Waals surface area contributed by atoms with Gasteiger partial charge in [0.25, 0.3) is 0 Å². The number of rotatable bonds is 6. The lowest BCUT2D eigenvalue weighted by molar-refractivity contribution is 0.626. The second-order valence-corrected chi connectivity index (χ2v) is 4.52. The van der Waals surface area contributed by atoms with Gasteiger partial charge in [0.1, 0.15) is 11.5 Å². The van der Waals surface area contributed by atoms with Gasteiger partial charge in [-0.15, -0.1) is 21.8 Å². The first-order valence-corrected chi connectivity index (χ1v) is 7.78. The molecule has 1 atom stereocenters. The zero-order valence-electron chi connectivity index (χ0n) is 12.8. The number of hydrogen-bond donors (Lipinski definition) is 2. The summed E-state index contributed by atoms with van der Waals surface area (Å²) in [4.78, 5) is 4.18. The smallest absolute Gasteiger partial charge is 0.242 e. The number of hydrogen-bond acceptors (Lipinski definition) is 5. The molecule has 0 bridgehead atoms. The molecule has 1 heterocycles. The average molecular weight is 326 g/mol. The molecule has 120 valence electrons. The Balaban J connectivity index is 0.00000116. The van der Waals surface area contributed by atoms with Crippen molar-refractivity contribution >= 4 is 17.5 Å². The second-order valence-electron chi connectivity index (χ2n) is 4.52. The molecule has 2 rings (SSSR count). The molecule has 0 aliphatic rings.